The second-order valence-electron chi connectivity index (χ2n) is 6.33. The molecular formula is C20H20N2O3. The normalized spacial score (nSPS) is 15.9. The first-order chi connectivity index (χ1) is 12.1. The summed E-state index contributed by atoms with van der Waals surface area (Å²) < 4.78 is 5.25. The van der Waals surface area contributed by atoms with Gasteiger partial charge >= 0.3 is 5.97 Å². The lowest BCUT2D eigenvalue weighted by Gasteiger charge is -2.24. The predicted octanol–water partition coefficient (Wildman–Crippen LogP) is 2.27. The Balaban J connectivity index is 1.93. The lowest BCUT2D eigenvalue weighted by Crippen LogP contribution is -2.29. The molecule has 1 N–H and O–H groups in total. The van der Waals surface area contributed by atoms with Crippen LogP contribution in [0.4, 0.5) is 0 Å². The maximum Gasteiger partial charge on any atom is 0.339 e. The predicted molar refractivity (Wildman–Crippen MR) is 95.1 cm³/mol. The number of ether oxygens (including phenoxy) is 1. The van der Waals surface area contributed by atoms with Crippen LogP contribution < -0.4 is 5.32 Å². The Morgan fingerprint density at radius 3 is 3.00 bits per heavy atom. The van der Waals surface area contributed by atoms with E-state index in [-0.39, 0.29) is 13.2 Å². The summed E-state index contributed by atoms with van der Waals surface area (Å²) in [5.74, 6) is 1.90. The van der Waals surface area contributed by atoms with Crippen LogP contribution in [-0.2, 0) is 22.4 Å². The summed E-state index contributed by atoms with van der Waals surface area (Å²) in [6.45, 7) is 1.93. The zero-order valence-corrected chi connectivity index (χ0v) is 14.2. The molecule has 3 rings (SSSR count). The van der Waals surface area contributed by atoms with Crippen molar-refractivity contribution in [1.82, 2.24) is 10.3 Å². The molecule has 25 heavy (non-hydrogen) atoms. The minimum absolute atomic E-state index is 0.113. The molecule has 1 amide bonds. The van der Waals surface area contributed by atoms with Crippen molar-refractivity contribution in [2.45, 2.75) is 26.2 Å². The van der Waals surface area contributed by atoms with Gasteiger partial charge in [-0.2, -0.15) is 0 Å². The van der Waals surface area contributed by atoms with Crippen LogP contribution in [0.5, 0.6) is 0 Å². The molecule has 2 aromatic rings. The molecule has 0 saturated heterocycles. The Labute approximate surface area is 146 Å². The number of hydrogen-bond acceptors (Lipinski definition) is 4. The van der Waals surface area contributed by atoms with Gasteiger partial charge in [-0.05, 0) is 36.8 Å². The number of pyridine rings is 1. The van der Waals surface area contributed by atoms with Gasteiger partial charge in [-0.3, -0.25) is 9.78 Å². The minimum atomic E-state index is -0.486. The van der Waals surface area contributed by atoms with E-state index in [4.69, 9.17) is 16.1 Å². The third kappa shape index (κ3) is 3.63. The van der Waals surface area contributed by atoms with Crippen LogP contribution in [0.25, 0.3) is 10.9 Å². The summed E-state index contributed by atoms with van der Waals surface area (Å²) in [6.07, 6.45) is 7.80. The van der Waals surface area contributed by atoms with Gasteiger partial charge < -0.3 is 10.1 Å². The number of nitrogens with one attached hydrogen (secondary N) is 1. The number of carbonyl (C=O) groups is 2. The summed E-state index contributed by atoms with van der Waals surface area (Å²) in [5, 5.41) is 3.25. The van der Waals surface area contributed by atoms with Gasteiger partial charge in [0, 0.05) is 11.1 Å². The molecule has 1 aromatic carbocycles. The number of hydrogen-bond donors (Lipinski definition) is 1. The molecule has 128 valence electrons. The zero-order valence-electron chi connectivity index (χ0n) is 14.2. The fourth-order valence-electron chi connectivity index (χ4n) is 3.20. The highest BCUT2D eigenvalue weighted by molar-refractivity contribution is 6.05. The number of para-hydroxylation sites is 1. The van der Waals surface area contributed by atoms with E-state index in [0.29, 0.717) is 11.5 Å². The number of terminal acetylenes is 1. The van der Waals surface area contributed by atoms with Crippen LogP contribution in [0.2, 0.25) is 0 Å². The quantitative estimate of drug-likeness (QED) is 0.687. The van der Waals surface area contributed by atoms with Crippen molar-refractivity contribution in [2.75, 3.05) is 13.2 Å². The van der Waals surface area contributed by atoms with Gasteiger partial charge in [-0.25, -0.2) is 4.79 Å². The van der Waals surface area contributed by atoms with Gasteiger partial charge in [0.1, 0.15) is 0 Å². The van der Waals surface area contributed by atoms with Gasteiger partial charge in [0.05, 0.1) is 17.6 Å². The monoisotopic (exact) mass is 336 g/mol. The Kier molecular flexibility index (Phi) is 4.99. The third-order valence-electron chi connectivity index (χ3n) is 4.43. The summed E-state index contributed by atoms with van der Waals surface area (Å²) in [5.41, 5.74) is 3.23. The van der Waals surface area contributed by atoms with Crippen molar-refractivity contribution < 1.29 is 14.3 Å². The molecule has 1 aliphatic carbocycles. The highest BCUT2D eigenvalue weighted by atomic mass is 16.5. The minimum Gasteiger partial charge on any atom is -0.452 e. The summed E-state index contributed by atoms with van der Waals surface area (Å²) >= 11 is 0. The number of benzene rings is 1. The van der Waals surface area contributed by atoms with Crippen LogP contribution in [0.1, 0.15) is 35.0 Å². The molecule has 1 aliphatic rings. The standard InChI is InChI=1S/C20H20N2O3/c1-3-10-21-18(23)12-25-20(24)19-14-6-4-5-7-16(14)22-17-9-8-13(2)11-15(17)19/h1,4-7,13H,8-12H2,2H3,(H,21,23). The van der Waals surface area contributed by atoms with Gasteiger partial charge in [0.25, 0.3) is 5.91 Å². The van der Waals surface area contributed by atoms with Crippen LogP contribution in [-0.4, -0.2) is 30.0 Å². The highest BCUT2D eigenvalue weighted by Crippen LogP contribution is 2.31. The molecule has 0 aliphatic heterocycles. The number of carbonyl (C=O) groups excluding carboxylic acids is 2. The summed E-state index contributed by atoms with van der Waals surface area (Å²) in [6, 6.07) is 7.54. The van der Waals surface area contributed by atoms with Crippen LogP contribution in [0.3, 0.4) is 0 Å². The van der Waals surface area contributed by atoms with Crippen LogP contribution >= 0.6 is 0 Å². The maximum absolute atomic E-state index is 12.7. The third-order valence-corrected chi connectivity index (χ3v) is 4.43. The first-order valence-corrected chi connectivity index (χ1v) is 8.38. The number of nitrogens with zero attached hydrogens (tertiary/aromatic N) is 1. The van der Waals surface area contributed by atoms with Gasteiger partial charge in [0.15, 0.2) is 6.61 Å². The fourth-order valence-corrected chi connectivity index (χ4v) is 3.20. The van der Waals surface area contributed by atoms with E-state index in [1.165, 1.54) is 0 Å². The van der Waals surface area contributed by atoms with Crippen molar-refractivity contribution in [3.05, 3.63) is 41.1 Å². The van der Waals surface area contributed by atoms with Gasteiger partial charge in [-0.1, -0.05) is 31.0 Å². The van der Waals surface area contributed by atoms with E-state index in [9.17, 15) is 9.59 Å². The lowest BCUT2D eigenvalue weighted by atomic mass is 9.84. The van der Waals surface area contributed by atoms with E-state index in [1.807, 2.05) is 24.3 Å². The molecule has 1 unspecified atom stereocenters. The summed E-state index contributed by atoms with van der Waals surface area (Å²) in [4.78, 5) is 29.1. The Morgan fingerprint density at radius 2 is 2.20 bits per heavy atom. The maximum atomic E-state index is 12.7. The fraction of sp³-hybridized carbons (Fsp3) is 0.350. The molecule has 1 heterocycles. The molecule has 5 nitrogen and oxygen atoms in total. The van der Waals surface area contributed by atoms with E-state index in [0.717, 1.165) is 41.4 Å². The number of fused-ring (bicyclic) bond motifs is 2. The van der Waals surface area contributed by atoms with E-state index in [1.54, 1.807) is 0 Å². The number of aromatic nitrogens is 1. The number of amides is 1. The number of rotatable bonds is 4. The zero-order chi connectivity index (χ0) is 17.8. The van der Waals surface area contributed by atoms with Gasteiger partial charge in [-0.15, -0.1) is 6.42 Å². The molecule has 0 fully saturated rings. The van der Waals surface area contributed by atoms with Crippen LogP contribution in [0, 0.1) is 18.3 Å². The topological polar surface area (TPSA) is 68.3 Å². The van der Waals surface area contributed by atoms with Crippen molar-refractivity contribution in [3.8, 4) is 12.3 Å². The first-order valence-electron chi connectivity index (χ1n) is 8.38. The smallest absolute Gasteiger partial charge is 0.339 e. The van der Waals surface area contributed by atoms with E-state index in [2.05, 4.69) is 18.2 Å². The van der Waals surface area contributed by atoms with E-state index < -0.39 is 11.9 Å². The molecule has 5 heteroatoms. The molecule has 0 spiro atoms. The molecule has 0 radical (unpaired) electrons. The van der Waals surface area contributed by atoms with Gasteiger partial charge in [0.2, 0.25) is 0 Å². The number of aryl methyl sites for hydroxylation is 1. The lowest BCUT2D eigenvalue weighted by molar-refractivity contribution is -0.123. The average molecular weight is 336 g/mol. The second-order valence-corrected chi connectivity index (χ2v) is 6.33. The summed E-state index contributed by atoms with van der Waals surface area (Å²) in [7, 11) is 0. The Hall–Kier alpha value is -2.87. The SMILES string of the molecule is C#CCNC(=O)COC(=O)c1c2c(nc3ccccc13)CCC(C)C2. The Bertz CT molecular complexity index is 867. The van der Waals surface area contributed by atoms with Crippen molar-refractivity contribution in [1.29, 1.82) is 0 Å². The van der Waals surface area contributed by atoms with Crippen LogP contribution in [0.15, 0.2) is 24.3 Å². The molecular weight excluding hydrogens is 316 g/mol. The highest BCUT2D eigenvalue weighted by Gasteiger charge is 2.26. The van der Waals surface area contributed by atoms with Crippen molar-refractivity contribution in [2.24, 2.45) is 5.92 Å². The average Bonchev–Trinajstić information content (AvgIpc) is 2.62. The molecule has 1 atom stereocenters. The van der Waals surface area contributed by atoms with Crippen molar-refractivity contribution in [3.63, 3.8) is 0 Å². The molecule has 0 saturated carbocycles. The number of esters is 1. The second kappa shape index (κ2) is 7.35. The molecule has 1 aromatic heterocycles. The van der Waals surface area contributed by atoms with E-state index >= 15 is 0 Å². The molecule has 0 bridgehead atoms. The Morgan fingerprint density at radius 1 is 1.40 bits per heavy atom. The largest absolute Gasteiger partial charge is 0.452 e. The first kappa shape index (κ1) is 17.0. The van der Waals surface area contributed by atoms with Crippen molar-refractivity contribution >= 4 is 22.8 Å².